The summed E-state index contributed by atoms with van der Waals surface area (Å²) in [6.07, 6.45) is 0. The van der Waals surface area contributed by atoms with E-state index in [-0.39, 0.29) is 17.0 Å². The van der Waals surface area contributed by atoms with Crippen molar-refractivity contribution >= 4 is 16.9 Å². The fourth-order valence-electron chi connectivity index (χ4n) is 1.55. The number of phenolic OH excluding ortho intramolecular Hbond substituents is 2. The molecule has 1 aromatic heterocycles. The first-order valence-electron chi connectivity index (χ1n) is 4.56. The van der Waals surface area contributed by atoms with Gasteiger partial charge in [0.15, 0.2) is 11.5 Å². The third kappa shape index (κ3) is 1.42. The number of fused-ring (bicyclic) bond motifs is 1. The van der Waals surface area contributed by atoms with E-state index in [1.54, 1.807) is 13.0 Å². The molecule has 0 radical (unpaired) electrons. The minimum Gasteiger partial charge on any atom is -0.504 e. The fourth-order valence-corrected chi connectivity index (χ4v) is 1.55. The Kier molecular flexibility index (Phi) is 2.16. The Bertz CT molecular complexity index is 592. The molecule has 0 aliphatic heterocycles. The molecule has 0 aliphatic rings. The van der Waals surface area contributed by atoms with Crippen molar-refractivity contribution < 1.29 is 20.1 Å². The number of carbonyl (C=O) groups is 1. The second-order valence-electron chi connectivity index (χ2n) is 3.46. The molecule has 82 valence electrons. The van der Waals surface area contributed by atoms with E-state index < -0.39 is 11.7 Å². The van der Waals surface area contributed by atoms with Crippen LogP contribution in [0.25, 0.3) is 10.9 Å². The van der Waals surface area contributed by atoms with Crippen LogP contribution < -0.4 is 0 Å². The van der Waals surface area contributed by atoms with Crippen LogP contribution in [0.15, 0.2) is 18.2 Å². The van der Waals surface area contributed by atoms with E-state index >= 15 is 0 Å². The number of carboxylic acids is 1. The Morgan fingerprint density at radius 1 is 1.31 bits per heavy atom. The second kappa shape index (κ2) is 3.37. The average Bonchev–Trinajstić information content (AvgIpc) is 2.25. The summed E-state index contributed by atoms with van der Waals surface area (Å²) in [5, 5.41) is 28.4. The van der Waals surface area contributed by atoms with Crippen molar-refractivity contribution in [3.63, 3.8) is 0 Å². The highest BCUT2D eigenvalue weighted by Crippen LogP contribution is 2.34. The highest BCUT2D eigenvalue weighted by Gasteiger charge is 2.12. The number of aromatic carboxylic acids is 1. The summed E-state index contributed by atoms with van der Waals surface area (Å²) in [6, 6.07) is 4.31. The standard InChI is InChI=1S/C11H9NO4/c1-5-4-8(13)10(14)9-6(5)2-3-7(12-9)11(15)16/h2-4,13-14H,1H3,(H,15,16). The molecule has 0 saturated heterocycles. The number of aromatic nitrogens is 1. The van der Waals surface area contributed by atoms with Gasteiger partial charge in [0, 0.05) is 5.39 Å². The summed E-state index contributed by atoms with van der Waals surface area (Å²) < 4.78 is 0. The van der Waals surface area contributed by atoms with Crippen LogP contribution in [0.5, 0.6) is 11.5 Å². The Balaban J connectivity index is 2.86. The van der Waals surface area contributed by atoms with Crippen LogP contribution in [0.4, 0.5) is 0 Å². The quantitative estimate of drug-likeness (QED) is 0.634. The molecular formula is C11H9NO4. The van der Waals surface area contributed by atoms with E-state index in [1.807, 2.05) is 0 Å². The summed E-state index contributed by atoms with van der Waals surface area (Å²) in [5.74, 6) is -1.88. The molecule has 0 saturated carbocycles. The van der Waals surface area contributed by atoms with E-state index in [0.29, 0.717) is 5.39 Å². The van der Waals surface area contributed by atoms with E-state index in [2.05, 4.69) is 4.98 Å². The largest absolute Gasteiger partial charge is 0.504 e. The first kappa shape index (κ1) is 10.2. The van der Waals surface area contributed by atoms with E-state index in [1.165, 1.54) is 12.1 Å². The predicted molar refractivity (Wildman–Crippen MR) is 56.8 cm³/mol. The molecule has 0 spiro atoms. The van der Waals surface area contributed by atoms with Crippen LogP contribution in [0.3, 0.4) is 0 Å². The van der Waals surface area contributed by atoms with E-state index in [0.717, 1.165) is 5.56 Å². The number of pyridine rings is 1. The molecule has 1 aromatic carbocycles. The van der Waals surface area contributed by atoms with Gasteiger partial charge in [-0.15, -0.1) is 0 Å². The van der Waals surface area contributed by atoms with Gasteiger partial charge in [-0.25, -0.2) is 9.78 Å². The van der Waals surface area contributed by atoms with Crippen LogP contribution >= 0.6 is 0 Å². The summed E-state index contributed by atoms with van der Waals surface area (Å²) in [6.45, 7) is 1.74. The molecular weight excluding hydrogens is 210 g/mol. The van der Waals surface area contributed by atoms with Gasteiger partial charge in [-0.1, -0.05) is 0 Å². The van der Waals surface area contributed by atoms with Crippen LogP contribution in [-0.4, -0.2) is 26.3 Å². The minimum atomic E-state index is -1.18. The van der Waals surface area contributed by atoms with Gasteiger partial charge in [-0.2, -0.15) is 0 Å². The summed E-state index contributed by atoms with van der Waals surface area (Å²) >= 11 is 0. The van der Waals surface area contributed by atoms with Crippen molar-refractivity contribution in [1.82, 2.24) is 4.98 Å². The summed E-state index contributed by atoms with van der Waals surface area (Å²) in [5.41, 5.74) is 0.639. The smallest absolute Gasteiger partial charge is 0.354 e. The average molecular weight is 219 g/mol. The lowest BCUT2D eigenvalue weighted by Gasteiger charge is -2.06. The van der Waals surface area contributed by atoms with Crippen LogP contribution in [0, 0.1) is 6.92 Å². The number of hydrogen-bond acceptors (Lipinski definition) is 4. The van der Waals surface area contributed by atoms with Gasteiger partial charge in [0.05, 0.1) is 0 Å². The Hall–Kier alpha value is -2.30. The number of benzene rings is 1. The molecule has 0 atom stereocenters. The molecule has 5 heteroatoms. The van der Waals surface area contributed by atoms with E-state index in [9.17, 15) is 15.0 Å². The van der Waals surface area contributed by atoms with Gasteiger partial charge >= 0.3 is 5.97 Å². The number of phenols is 2. The van der Waals surface area contributed by atoms with Gasteiger partial charge < -0.3 is 15.3 Å². The second-order valence-corrected chi connectivity index (χ2v) is 3.46. The maximum Gasteiger partial charge on any atom is 0.354 e. The molecule has 1 heterocycles. The fraction of sp³-hybridized carbons (Fsp3) is 0.0909. The minimum absolute atomic E-state index is 0.0948. The molecule has 0 fully saturated rings. The van der Waals surface area contributed by atoms with Crippen molar-refractivity contribution in [3.8, 4) is 11.5 Å². The zero-order chi connectivity index (χ0) is 11.9. The van der Waals surface area contributed by atoms with Crippen molar-refractivity contribution in [2.45, 2.75) is 6.92 Å². The van der Waals surface area contributed by atoms with E-state index in [4.69, 9.17) is 5.11 Å². The summed E-state index contributed by atoms with van der Waals surface area (Å²) in [7, 11) is 0. The first-order valence-corrected chi connectivity index (χ1v) is 4.56. The molecule has 0 unspecified atom stereocenters. The molecule has 0 amide bonds. The lowest BCUT2D eigenvalue weighted by atomic mass is 10.1. The number of rotatable bonds is 1. The number of hydrogen-bond donors (Lipinski definition) is 3. The topological polar surface area (TPSA) is 90.7 Å². The molecule has 3 N–H and O–H groups in total. The van der Waals surface area contributed by atoms with Crippen LogP contribution in [0.1, 0.15) is 16.1 Å². The normalized spacial score (nSPS) is 10.6. The molecule has 5 nitrogen and oxygen atoms in total. The lowest BCUT2D eigenvalue weighted by molar-refractivity contribution is 0.0691. The number of aryl methyl sites for hydroxylation is 1. The maximum absolute atomic E-state index is 10.7. The molecule has 0 aliphatic carbocycles. The lowest BCUT2D eigenvalue weighted by Crippen LogP contribution is -2.00. The van der Waals surface area contributed by atoms with Crippen molar-refractivity contribution in [1.29, 1.82) is 0 Å². The monoisotopic (exact) mass is 219 g/mol. The summed E-state index contributed by atoms with van der Waals surface area (Å²) in [4.78, 5) is 14.5. The third-order valence-corrected chi connectivity index (χ3v) is 2.36. The maximum atomic E-state index is 10.7. The van der Waals surface area contributed by atoms with Crippen LogP contribution in [-0.2, 0) is 0 Å². The number of nitrogens with zero attached hydrogens (tertiary/aromatic N) is 1. The molecule has 2 rings (SSSR count). The Labute approximate surface area is 90.6 Å². The van der Waals surface area contributed by atoms with Crippen molar-refractivity contribution in [2.24, 2.45) is 0 Å². The van der Waals surface area contributed by atoms with Gasteiger partial charge in [0.2, 0.25) is 0 Å². The van der Waals surface area contributed by atoms with Gasteiger partial charge in [0.1, 0.15) is 11.2 Å². The zero-order valence-corrected chi connectivity index (χ0v) is 8.43. The van der Waals surface area contributed by atoms with Gasteiger partial charge in [-0.05, 0) is 30.7 Å². The first-order chi connectivity index (χ1) is 7.50. The Morgan fingerprint density at radius 2 is 2.00 bits per heavy atom. The zero-order valence-electron chi connectivity index (χ0n) is 8.43. The van der Waals surface area contributed by atoms with Crippen LogP contribution in [0.2, 0.25) is 0 Å². The highest BCUT2D eigenvalue weighted by molar-refractivity contribution is 5.94. The molecule has 2 aromatic rings. The predicted octanol–water partition coefficient (Wildman–Crippen LogP) is 1.65. The Morgan fingerprint density at radius 3 is 2.62 bits per heavy atom. The van der Waals surface area contributed by atoms with Crippen molar-refractivity contribution in [3.05, 3.63) is 29.5 Å². The van der Waals surface area contributed by atoms with Gasteiger partial charge in [-0.3, -0.25) is 0 Å². The van der Waals surface area contributed by atoms with Crippen molar-refractivity contribution in [2.75, 3.05) is 0 Å². The number of aromatic hydroxyl groups is 2. The SMILES string of the molecule is Cc1cc(O)c(O)c2nc(C(=O)O)ccc12. The third-order valence-electron chi connectivity index (χ3n) is 2.36. The molecule has 0 bridgehead atoms. The number of carboxylic acid groups (broad SMARTS) is 1. The van der Waals surface area contributed by atoms with Gasteiger partial charge in [0.25, 0.3) is 0 Å². The highest BCUT2D eigenvalue weighted by atomic mass is 16.4. The molecule has 16 heavy (non-hydrogen) atoms.